The predicted molar refractivity (Wildman–Crippen MR) is 138 cm³/mol. The van der Waals surface area contributed by atoms with Gasteiger partial charge in [0.1, 0.15) is 10.7 Å². The van der Waals surface area contributed by atoms with E-state index in [2.05, 4.69) is 15.4 Å². The van der Waals surface area contributed by atoms with E-state index in [1.807, 2.05) is 0 Å². The summed E-state index contributed by atoms with van der Waals surface area (Å²) in [5.74, 6) is -2.41. The second-order valence-electron chi connectivity index (χ2n) is 7.46. The Morgan fingerprint density at radius 3 is 2.19 bits per heavy atom. The van der Waals surface area contributed by atoms with E-state index in [-0.39, 0.29) is 27.5 Å². The number of imide groups is 1. The topological polar surface area (TPSA) is 105 Å². The molecule has 0 unspecified atom stereocenters. The first-order chi connectivity index (χ1) is 17.2. The van der Waals surface area contributed by atoms with Crippen molar-refractivity contribution < 1.29 is 23.9 Å². The lowest BCUT2D eigenvalue weighted by Crippen LogP contribution is -2.32. The van der Waals surface area contributed by atoms with Crippen molar-refractivity contribution in [2.45, 2.75) is 0 Å². The lowest BCUT2D eigenvalue weighted by Gasteiger charge is -2.15. The minimum atomic E-state index is -0.733. The quantitative estimate of drug-likeness (QED) is 0.315. The molecule has 4 rings (SSSR count). The zero-order valence-corrected chi connectivity index (χ0v) is 20.7. The van der Waals surface area contributed by atoms with E-state index < -0.39 is 23.7 Å². The summed E-state index contributed by atoms with van der Waals surface area (Å²) in [6, 6.07) is 16.7. The number of esters is 1. The van der Waals surface area contributed by atoms with Crippen molar-refractivity contribution in [3.8, 4) is 0 Å². The number of carbonyl (C=O) groups is 4. The predicted octanol–water partition coefficient (Wildman–Crippen LogP) is 5.47. The van der Waals surface area contributed by atoms with Crippen LogP contribution in [0.1, 0.15) is 20.7 Å². The normalized spacial score (nSPS) is 13.2. The number of carbonyl (C=O) groups excluding carboxylic acids is 4. The molecule has 182 valence electrons. The van der Waals surface area contributed by atoms with E-state index >= 15 is 0 Å². The highest BCUT2D eigenvalue weighted by Gasteiger charge is 2.39. The summed E-state index contributed by atoms with van der Waals surface area (Å²) in [7, 11) is 1.25. The van der Waals surface area contributed by atoms with Gasteiger partial charge in [-0.15, -0.1) is 0 Å². The van der Waals surface area contributed by atoms with Crippen molar-refractivity contribution in [3.63, 3.8) is 0 Å². The molecule has 0 saturated carbocycles. The van der Waals surface area contributed by atoms with Crippen molar-refractivity contribution in [3.05, 3.63) is 98.6 Å². The monoisotopic (exact) mass is 543 g/mol. The van der Waals surface area contributed by atoms with Crippen LogP contribution >= 0.6 is 34.8 Å². The molecule has 0 saturated heterocycles. The first-order valence-corrected chi connectivity index (χ1v) is 11.4. The Hall–Kier alpha value is -3.85. The molecule has 1 aliphatic heterocycles. The minimum absolute atomic E-state index is 0.152. The second kappa shape index (κ2) is 10.4. The molecule has 0 aromatic heterocycles. The maximum atomic E-state index is 13.0. The van der Waals surface area contributed by atoms with Gasteiger partial charge in [-0.1, -0.05) is 40.9 Å². The molecule has 0 aliphatic carbocycles. The SMILES string of the molecule is COC(=O)c1ccc(N2C(=O)C(Cl)=C(Nc3cccc(C(=O)Nc4ccc(Cl)c(Cl)c4)c3)C2=O)cc1. The first-order valence-electron chi connectivity index (χ1n) is 10.3. The molecule has 3 aromatic rings. The summed E-state index contributed by atoms with van der Waals surface area (Å²) in [6.45, 7) is 0. The maximum Gasteiger partial charge on any atom is 0.337 e. The van der Waals surface area contributed by atoms with Crippen molar-refractivity contribution in [2.24, 2.45) is 0 Å². The summed E-state index contributed by atoms with van der Waals surface area (Å²) in [6.07, 6.45) is 0. The number of hydrogen-bond donors (Lipinski definition) is 2. The Labute approximate surface area is 220 Å². The fourth-order valence-corrected chi connectivity index (χ4v) is 3.88. The summed E-state index contributed by atoms with van der Waals surface area (Å²) in [4.78, 5) is 51.0. The standard InChI is InChI=1S/C25H16Cl3N3O5/c1-36-25(35)13-5-8-17(9-6-13)31-23(33)20(28)21(24(31)34)29-15-4-2-3-14(11-15)22(32)30-16-7-10-18(26)19(27)12-16/h2-12,29H,1H3,(H,30,32). The average molecular weight is 545 g/mol. The molecule has 1 aliphatic rings. The van der Waals surface area contributed by atoms with E-state index in [4.69, 9.17) is 34.8 Å². The summed E-state index contributed by atoms with van der Waals surface area (Å²) < 4.78 is 4.65. The third kappa shape index (κ3) is 5.06. The van der Waals surface area contributed by atoms with Gasteiger partial charge in [-0.25, -0.2) is 9.69 Å². The third-order valence-electron chi connectivity index (χ3n) is 5.15. The molecule has 3 aromatic carbocycles. The maximum absolute atomic E-state index is 13.0. The van der Waals surface area contributed by atoms with E-state index in [0.717, 1.165) is 4.90 Å². The van der Waals surface area contributed by atoms with Crippen molar-refractivity contribution in [1.82, 2.24) is 0 Å². The Morgan fingerprint density at radius 1 is 0.806 bits per heavy atom. The van der Waals surface area contributed by atoms with Gasteiger partial charge in [0.05, 0.1) is 28.4 Å². The van der Waals surface area contributed by atoms with E-state index in [1.54, 1.807) is 30.3 Å². The molecule has 8 nitrogen and oxygen atoms in total. The summed E-state index contributed by atoms with van der Waals surface area (Å²) >= 11 is 18.1. The van der Waals surface area contributed by atoms with Gasteiger partial charge in [-0.2, -0.15) is 0 Å². The number of nitrogens with one attached hydrogen (secondary N) is 2. The fraction of sp³-hybridized carbons (Fsp3) is 0.0400. The summed E-state index contributed by atoms with van der Waals surface area (Å²) in [5, 5.41) is 5.87. The summed E-state index contributed by atoms with van der Waals surface area (Å²) in [5.41, 5.74) is 1.41. The molecule has 0 radical (unpaired) electrons. The van der Waals surface area contributed by atoms with Crippen molar-refractivity contribution in [1.29, 1.82) is 0 Å². The molecular weight excluding hydrogens is 529 g/mol. The van der Waals surface area contributed by atoms with E-state index in [9.17, 15) is 19.2 Å². The van der Waals surface area contributed by atoms with Gasteiger partial charge in [0.25, 0.3) is 17.7 Å². The number of hydrogen-bond acceptors (Lipinski definition) is 6. The van der Waals surface area contributed by atoms with Gasteiger partial charge in [-0.05, 0) is 60.7 Å². The number of anilines is 3. The van der Waals surface area contributed by atoms with Gasteiger partial charge in [0.15, 0.2) is 0 Å². The van der Waals surface area contributed by atoms with Gasteiger partial charge in [0, 0.05) is 16.9 Å². The van der Waals surface area contributed by atoms with Crippen LogP contribution in [0.3, 0.4) is 0 Å². The highest BCUT2D eigenvalue weighted by molar-refractivity contribution is 6.53. The van der Waals surface area contributed by atoms with Crippen LogP contribution in [0, 0.1) is 0 Å². The van der Waals surface area contributed by atoms with Crippen molar-refractivity contribution in [2.75, 3.05) is 22.6 Å². The minimum Gasteiger partial charge on any atom is -0.465 e. The van der Waals surface area contributed by atoms with Crippen LogP contribution in [0.4, 0.5) is 17.1 Å². The number of amides is 3. The van der Waals surface area contributed by atoms with Crippen LogP contribution in [0.2, 0.25) is 10.0 Å². The largest absolute Gasteiger partial charge is 0.465 e. The zero-order valence-electron chi connectivity index (χ0n) is 18.5. The van der Waals surface area contributed by atoms with Crippen LogP contribution in [0.25, 0.3) is 0 Å². The molecule has 0 fully saturated rings. The number of nitrogens with zero attached hydrogens (tertiary/aromatic N) is 1. The van der Waals surface area contributed by atoms with Crippen LogP contribution in [-0.2, 0) is 14.3 Å². The Bertz CT molecular complexity index is 1440. The van der Waals surface area contributed by atoms with Gasteiger partial charge in [-0.3, -0.25) is 14.4 Å². The average Bonchev–Trinajstić information content (AvgIpc) is 3.09. The molecule has 36 heavy (non-hydrogen) atoms. The highest BCUT2D eigenvalue weighted by atomic mass is 35.5. The van der Waals surface area contributed by atoms with E-state index in [0.29, 0.717) is 21.4 Å². The molecule has 3 amide bonds. The molecule has 1 heterocycles. The molecular formula is C25H16Cl3N3O5. The molecule has 2 N–H and O–H groups in total. The van der Waals surface area contributed by atoms with Gasteiger partial charge < -0.3 is 15.4 Å². The number of methoxy groups -OCH3 is 1. The Morgan fingerprint density at radius 2 is 1.53 bits per heavy atom. The highest BCUT2D eigenvalue weighted by Crippen LogP contribution is 2.31. The fourth-order valence-electron chi connectivity index (χ4n) is 3.37. The zero-order chi connectivity index (χ0) is 26.0. The van der Waals surface area contributed by atoms with Crippen molar-refractivity contribution >= 4 is 75.6 Å². The number of rotatable bonds is 6. The number of halogens is 3. The lowest BCUT2D eigenvalue weighted by atomic mass is 10.1. The Kier molecular flexibility index (Phi) is 7.30. The van der Waals surface area contributed by atoms with Gasteiger partial charge in [0.2, 0.25) is 0 Å². The Balaban J connectivity index is 1.51. The first kappa shape index (κ1) is 25.2. The van der Waals surface area contributed by atoms with Crippen LogP contribution in [-0.4, -0.2) is 30.8 Å². The molecule has 0 atom stereocenters. The smallest absolute Gasteiger partial charge is 0.337 e. The van der Waals surface area contributed by atoms with E-state index in [1.165, 1.54) is 43.5 Å². The number of ether oxygens (including phenoxy) is 1. The lowest BCUT2D eigenvalue weighted by molar-refractivity contribution is -0.120. The molecule has 0 spiro atoms. The second-order valence-corrected chi connectivity index (χ2v) is 8.65. The van der Waals surface area contributed by atoms with Crippen LogP contribution < -0.4 is 15.5 Å². The van der Waals surface area contributed by atoms with Crippen LogP contribution in [0.15, 0.2) is 77.5 Å². The third-order valence-corrected chi connectivity index (χ3v) is 6.24. The molecule has 0 bridgehead atoms. The van der Waals surface area contributed by atoms with Gasteiger partial charge >= 0.3 is 5.97 Å². The van der Waals surface area contributed by atoms with Crippen LogP contribution in [0.5, 0.6) is 0 Å². The molecule has 11 heteroatoms. The number of benzene rings is 3.